The molecule has 0 aromatic carbocycles. The number of carbonyl (C=O) groups excluding carboxylic acids is 1. The van der Waals surface area contributed by atoms with E-state index in [2.05, 4.69) is 36.8 Å². The molecular formula is C7H2Br2F3NO. The number of Topliss-reactive ketones (excluding diaryl/α,β-unsaturated/α-hetero) is 1. The van der Waals surface area contributed by atoms with Gasteiger partial charge >= 0.3 is 6.18 Å². The smallest absolute Gasteiger partial charge is 0.284 e. The van der Waals surface area contributed by atoms with Crippen molar-refractivity contribution in [1.82, 2.24) is 4.98 Å². The highest BCUT2D eigenvalue weighted by atomic mass is 79.9. The van der Waals surface area contributed by atoms with Crippen LogP contribution in [0, 0.1) is 0 Å². The van der Waals surface area contributed by atoms with Crippen molar-refractivity contribution in [2.75, 3.05) is 0 Å². The number of hydrogen-bond acceptors (Lipinski definition) is 2. The molecule has 1 heterocycles. The van der Waals surface area contributed by atoms with Gasteiger partial charge in [0.2, 0.25) is 0 Å². The first-order valence-corrected chi connectivity index (χ1v) is 4.83. The molecule has 0 saturated carbocycles. The Kier molecular flexibility index (Phi) is 3.31. The van der Waals surface area contributed by atoms with Gasteiger partial charge in [-0.05, 0) is 31.9 Å². The fourth-order valence-electron chi connectivity index (χ4n) is 0.770. The van der Waals surface area contributed by atoms with E-state index in [0.717, 1.165) is 12.4 Å². The summed E-state index contributed by atoms with van der Waals surface area (Å²) in [5, 5.41) is 0. The Bertz CT molecular complexity index is 357. The Hall–Kier alpha value is -0.430. The van der Waals surface area contributed by atoms with Crippen molar-refractivity contribution in [3.05, 3.63) is 26.9 Å². The normalized spacial score (nSPS) is 11.5. The lowest BCUT2D eigenvalue weighted by Gasteiger charge is -2.07. The van der Waals surface area contributed by atoms with Gasteiger partial charge in [0, 0.05) is 21.3 Å². The van der Waals surface area contributed by atoms with Crippen LogP contribution >= 0.6 is 31.9 Å². The Balaban J connectivity index is 3.26. The van der Waals surface area contributed by atoms with Gasteiger partial charge < -0.3 is 0 Å². The summed E-state index contributed by atoms with van der Waals surface area (Å²) in [6, 6.07) is 0. The highest BCUT2D eigenvalue weighted by Gasteiger charge is 2.41. The zero-order chi connectivity index (χ0) is 10.9. The Morgan fingerprint density at radius 1 is 1.21 bits per heavy atom. The minimum atomic E-state index is -4.88. The van der Waals surface area contributed by atoms with Crippen molar-refractivity contribution in [1.29, 1.82) is 0 Å². The number of alkyl halides is 3. The van der Waals surface area contributed by atoms with Crippen molar-refractivity contribution in [3.63, 3.8) is 0 Å². The summed E-state index contributed by atoms with van der Waals surface area (Å²) in [5.41, 5.74) is -0.465. The average Bonchev–Trinajstić information content (AvgIpc) is 2.01. The molecule has 0 amide bonds. The van der Waals surface area contributed by atoms with Crippen LogP contribution in [0.3, 0.4) is 0 Å². The monoisotopic (exact) mass is 331 g/mol. The van der Waals surface area contributed by atoms with Gasteiger partial charge in [-0.3, -0.25) is 9.78 Å². The van der Waals surface area contributed by atoms with Crippen molar-refractivity contribution in [3.8, 4) is 0 Å². The van der Waals surface area contributed by atoms with E-state index in [1.807, 2.05) is 0 Å². The third-order valence-corrected chi connectivity index (χ3v) is 2.54. The first kappa shape index (κ1) is 11.6. The van der Waals surface area contributed by atoms with Crippen LogP contribution in [0.25, 0.3) is 0 Å². The van der Waals surface area contributed by atoms with Gasteiger partial charge in [-0.1, -0.05) is 0 Å². The predicted molar refractivity (Wildman–Crippen MR) is 50.0 cm³/mol. The lowest BCUT2D eigenvalue weighted by Crippen LogP contribution is -2.23. The molecule has 2 nitrogen and oxygen atoms in total. The van der Waals surface area contributed by atoms with E-state index >= 15 is 0 Å². The topological polar surface area (TPSA) is 30.0 Å². The molecule has 14 heavy (non-hydrogen) atoms. The quantitative estimate of drug-likeness (QED) is 0.738. The minimum absolute atomic E-state index is 0.00852. The minimum Gasteiger partial charge on any atom is -0.284 e. The van der Waals surface area contributed by atoms with E-state index in [4.69, 9.17) is 0 Å². The molecular weight excluding hydrogens is 331 g/mol. The summed E-state index contributed by atoms with van der Waals surface area (Å²) < 4.78 is 36.3. The summed E-state index contributed by atoms with van der Waals surface area (Å²) >= 11 is 5.65. The summed E-state index contributed by atoms with van der Waals surface area (Å²) in [5.74, 6) is -1.90. The SMILES string of the molecule is O=C(c1c(Br)cncc1Br)C(F)(F)F. The highest BCUT2D eigenvalue weighted by molar-refractivity contribution is 9.11. The van der Waals surface area contributed by atoms with Crippen LogP contribution in [0.2, 0.25) is 0 Å². The van der Waals surface area contributed by atoms with Gasteiger partial charge in [-0.25, -0.2) is 0 Å². The molecule has 0 spiro atoms. The van der Waals surface area contributed by atoms with Gasteiger partial charge in [-0.2, -0.15) is 13.2 Å². The molecule has 0 aliphatic heterocycles. The van der Waals surface area contributed by atoms with Crippen LogP contribution in [0.15, 0.2) is 21.3 Å². The van der Waals surface area contributed by atoms with Crippen LogP contribution in [0.4, 0.5) is 13.2 Å². The predicted octanol–water partition coefficient (Wildman–Crippen LogP) is 3.35. The lowest BCUT2D eigenvalue weighted by atomic mass is 10.2. The molecule has 0 N–H and O–H groups in total. The van der Waals surface area contributed by atoms with E-state index in [1.165, 1.54) is 0 Å². The van der Waals surface area contributed by atoms with Gasteiger partial charge in [0.15, 0.2) is 0 Å². The van der Waals surface area contributed by atoms with E-state index < -0.39 is 17.5 Å². The molecule has 0 fully saturated rings. The molecule has 1 aromatic rings. The third kappa shape index (κ3) is 2.33. The standard InChI is InChI=1S/C7H2Br2F3NO/c8-3-1-13-2-4(9)5(3)6(14)7(10,11)12/h1-2H. The summed E-state index contributed by atoms with van der Waals surface area (Å²) in [4.78, 5) is 14.5. The van der Waals surface area contributed by atoms with Crippen LogP contribution in [-0.4, -0.2) is 16.9 Å². The Morgan fingerprint density at radius 2 is 1.64 bits per heavy atom. The molecule has 7 heteroatoms. The molecule has 0 bridgehead atoms. The third-order valence-electron chi connectivity index (χ3n) is 1.34. The lowest BCUT2D eigenvalue weighted by molar-refractivity contribution is -0.0886. The van der Waals surface area contributed by atoms with Crippen LogP contribution in [0.1, 0.15) is 10.4 Å². The van der Waals surface area contributed by atoms with Gasteiger partial charge in [0.25, 0.3) is 5.78 Å². The Morgan fingerprint density at radius 3 is 2.00 bits per heavy atom. The van der Waals surface area contributed by atoms with Crippen LogP contribution in [0.5, 0.6) is 0 Å². The summed E-state index contributed by atoms with van der Waals surface area (Å²) in [6.45, 7) is 0. The maximum absolute atomic E-state index is 12.1. The number of carbonyl (C=O) groups is 1. The number of rotatable bonds is 1. The number of halogens is 5. The fraction of sp³-hybridized carbons (Fsp3) is 0.143. The molecule has 0 radical (unpaired) electrons. The average molecular weight is 333 g/mol. The summed E-state index contributed by atoms with van der Waals surface area (Å²) in [6.07, 6.45) is -2.63. The van der Waals surface area contributed by atoms with Crippen molar-refractivity contribution in [2.45, 2.75) is 6.18 Å². The number of hydrogen-bond donors (Lipinski definition) is 0. The van der Waals surface area contributed by atoms with E-state index in [1.54, 1.807) is 0 Å². The summed E-state index contributed by atoms with van der Waals surface area (Å²) in [7, 11) is 0. The maximum Gasteiger partial charge on any atom is 0.454 e. The molecule has 0 atom stereocenters. The molecule has 1 rings (SSSR count). The largest absolute Gasteiger partial charge is 0.454 e. The maximum atomic E-state index is 12.1. The number of ketones is 1. The highest BCUT2D eigenvalue weighted by Crippen LogP contribution is 2.30. The fourth-order valence-corrected chi connectivity index (χ4v) is 2.06. The Labute approximate surface area is 93.8 Å². The van der Waals surface area contributed by atoms with Gasteiger partial charge in [-0.15, -0.1) is 0 Å². The van der Waals surface area contributed by atoms with Crippen LogP contribution in [-0.2, 0) is 0 Å². The molecule has 0 aliphatic carbocycles. The number of nitrogens with zero attached hydrogens (tertiary/aromatic N) is 1. The van der Waals surface area contributed by atoms with E-state index in [0.29, 0.717) is 0 Å². The van der Waals surface area contributed by atoms with Crippen LogP contribution < -0.4 is 0 Å². The first-order valence-electron chi connectivity index (χ1n) is 3.24. The molecule has 0 saturated heterocycles. The van der Waals surface area contributed by atoms with Gasteiger partial charge in [0.1, 0.15) is 0 Å². The molecule has 0 unspecified atom stereocenters. The molecule has 76 valence electrons. The second kappa shape index (κ2) is 3.98. The number of aromatic nitrogens is 1. The molecule has 1 aromatic heterocycles. The van der Waals surface area contributed by atoms with E-state index in [9.17, 15) is 18.0 Å². The number of pyridine rings is 1. The second-order valence-corrected chi connectivity index (χ2v) is 4.01. The van der Waals surface area contributed by atoms with Crippen molar-refractivity contribution < 1.29 is 18.0 Å². The van der Waals surface area contributed by atoms with Gasteiger partial charge in [0.05, 0.1) is 5.56 Å². The first-order chi connectivity index (χ1) is 6.34. The van der Waals surface area contributed by atoms with Crippen molar-refractivity contribution in [2.24, 2.45) is 0 Å². The second-order valence-electron chi connectivity index (χ2n) is 2.31. The molecule has 0 aliphatic rings. The van der Waals surface area contributed by atoms with E-state index in [-0.39, 0.29) is 8.95 Å². The van der Waals surface area contributed by atoms with Crippen molar-refractivity contribution >= 4 is 37.6 Å². The zero-order valence-corrected chi connectivity index (χ0v) is 9.57. The zero-order valence-electron chi connectivity index (χ0n) is 6.40.